The molecule has 0 fully saturated rings. The van der Waals surface area contributed by atoms with Crippen LogP contribution in [0.15, 0.2) is 17.2 Å². The van der Waals surface area contributed by atoms with Gasteiger partial charge in [0.25, 0.3) is 5.56 Å². The second-order valence-electron chi connectivity index (χ2n) is 5.82. The SMILES string of the molecule is CC(CNc1nccn(C(C)(C)C)c1=O)N(C)C. The number of rotatable bonds is 4. The van der Waals surface area contributed by atoms with Crippen molar-refractivity contribution < 1.29 is 0 Å². The molecule has 0 saturated heterocycles. The Morgan fingerprint density at radius 1 is 1.44 bits per heavy atom. The molecule has 1 unspecified atom stereocenters. The normalized spacial score (nSPS) is 13.7. The molecule has 102 valence electrons. The Kier molecular flexibility index (Phi) is 4.51. The molecule has 0 saturated carbocycles. The van der Waals surface area contributed by atoms with Gasteiger partial charge in [-0.3, -0.25) is 4.79 Å². The van der Waals surface area contributed by atoms with E-state index in [4.69, 9.17) is 0 Å². The van der Waals surface area contributed by atoms with Gasteiger partial charge in [-0.05, 0) is 41.8 Å². The fourth-order valence-corrected chi connectivity index (χ4v) is 1.49. The fourth-order valence-electron chi connectivity index (χ4n) is 1.49. The first-order valence-corrected chi connectivity index (χ1v) is 6.22. The minimum atomic E-state index is -0.233. The molecule has 1 atom stereocenters. The van der Waals surface area contributed by atoms with Gasteiger partial charge < -0.3 is 14.8 Å². The summed E-state index contributed by atoms with van der Waals surface area (Å²) < 4.78 is 1.70. The maximum absolute atomic E-state index is 12.2. The first kappa shape index (κ1) is 14.7. The van der Waals surface area contributed by atoms with E-state index in [1.807, 2.05) is 34.9 Å². The smallest absolute Gasteiger partial charge is 0.293 e. The molecule has 1 rings (SSSR count). The summed E-state index contributed by atoms with van der Waals surface area (Å²) in [6, 6.07) is 0.342. The van der Waals surface area contributed by atoms with E-state index < -0.39 is 0 Å². The minimum Gasteiger partial charge on any atom is -0.364 e. The van der Waals surface area contributed by atoms with E-state index in [1.165, 1.54) is 0 Å². The Morgan fingerprint density at radius 2 is 2.06 bits per heavy atom. The summed E-state index contributed by atoms with van der Waals surface area (Å²) in [6.07, 6.45) is 3.39. The average molecular weight is 252 g/mol. The van der Waals surface area contributed by atoms with Crippen LogP contribution < -0.4 is 10.9 Å². The summed E-state index contributed by atoms with van der Waals surface area (Å²) in [7, 11) is 4.02. The molecule has 5 heteroatoms. The minimum absolute atomic E-state index is 0.0732. The molecule has 1 N–H and O–H groups in total. The van der Waals surface area contributed by atoms with Crippen molar-refractivity contribution >= 4 is 5.82 Å². The highest BCUT2D eigenvalue weighted by Gasteiger charge is 2.16. The van der Waals surface area contributed by atoms with Crippen LogP contribution in [0.4, 0.5) is 5.82 Å². The second kappa shape index (κ2) is 5.52. The van der Waals surface area contributed by atoms with E-state index in [-0.39, 0.29) is 11.1 Å². The monoisotopic (exact) mass is 252 g/mol. The van der Waals surface area contributed by atoms with Gasteiger partial charge in [0.05, 0.1) is 0 Å². The lowest BCUT2D eigenvalue weighted by molar-refractivity contribution is 0.325. The number of aromatic nitrogens is 2. The van der Waals surface area contributed by atoms with Crippen LogP contribution in [0.25, 0.3) is 0 Å². The van der Waals surface area contributed by atoms with Crippen LogP contribution >= 0.6 is 0 Å². The topological polar surface area (TPSA) is 50.2 Å². The third kappa shape index (κ3) is 3.57. The zero-order chi connectivity index (χ0) is 13.9. The van der Waals surface area contributed by atoms with Gasteiger partial charge in [-0.15, -0.1) is 0 Å². The van der Waals surface area contributed by atoms with Crippen molar-refractivity contribution in [3.05, 3.63) is 22.7 Å². The maximum Gasteiger partial charge on any atom is 0.293 e. The average Bonchev–Trinajstić information content (AvgIpc) is 2.25. The Hall–Kier alpha value is -1.36. The zero-order valence-electron chi connectivity index (χ0n) is 12.2. The third-order valence-corrected chi connectivity index (χ3v) is 3.01. The van der Waals surface area contributed by atoms with Crippen molar-refractivity contribution in [1.82, 2.24) is 14.5 Å². The third-order valence-electron chi connectivity index (χ3n) is 3.01. The van der Waals surface area contributed by atoms with Gasteiger partial charge in [-0.1, -0.05) is 0 Å². The second-order valence-corrected chi connectivity index (χ2v) is 5.82. The molecular formula is C13H24N4O. The standard InChI is InChI=1S/C13H24N4O/c1-10(16(5)6)9-15-11-12(18)17(8-7-14-11)13(2,3)4/h7-8,10H,9H2,1-6H3,(H,14,15). The molecule has 1 aromatic heterocycles. The van der Waals surface area contributed by atoms with Gasteiger partial charge in [-0.25, -0.2) is 4.98 Å². The van der Waals surface area contributed by atoms with E-state index in [9.17, 15) is 4.79 Å². The molecule has 0 bridgehead atoms. The molecule has 0 aliphatic carbocycles. The summed E-state index contributed by atoms with van der Waals surface area (Å²) in [5, 5.41) is 3.12. The Labute approximate surface area is 109 Å². The number of nitrogens with zero attached hydrogens (tertiary/aromatic N) is 3. The predicted octanol–water partition coefficient (Wildman–Crippen LogP) is 1.36. The number of nitrogens with one attached hydrogen (secondary N) is 1. The molecule has 1 aromatic rings. The summed E-state index contributed by atoms with van der Waals surface area (Å²) in [6.45, 7) is 8.80. The Balaban J connectivity index is 2.89. The van der Waals surface area contributed by atoms with Crippen LogP contribution in [0.1, 0.15) is 27.7 Å². The maximum atomic E-state index is 12.2. The van der Waals surface area contributed by atoms with Crippen LogP contribution in [0.2, 0.25) is 0 Å². The highest BCUT2D eigenvalue weighted by molar-refractivity contribution is 5.31. The van der Waals surface area contributed by atoms with Crippen molar-refractivity contribution in [2.24, 2.45) is 0 Å². The zero-order valence-corrected chi connectivity index (χ0v) is 12.2. The Morgan fingerprint density at radius 3 is 2.56 bits per heavy atom. The van der Waals surface area contributed by atoms with Crippen LogP contribution in [0, 0.1) is 0 Å². The van der Waals surface area contributed by atoms with E-state index in [0.29, 0.717) is 18.4 Å². The lowest BCUT2D eigenvalue weighted by Crippen LogP contribution is -2.37. The van der Waals surface area contributed by atoms with E-state index in [1.54, 1.807) is 17.0 Å². The summed E-state index contributed by atoms with van der Waals surface area (Å²) in [5.41, 5.74) is -0.306. The first-order chi connectivity index (χ1) is 8.23. The fraction of sp³-hybridized carbons (Fsp3) is 0.692. The molecule has 0 aliphatic rings. The molecule has 0 aromatic carbocycles. The summed E-state index contributed by atoms with van der Waals surface area (Å²) in [5.74, 6) is 0.418. The van der Waals surface area contributed by atoms with E-state index in [0.717, 1.165) is 0 Å². The quantitative estimate of drug-likeness (QED) is 0.879. The lowest BCUT2D eigenvalue weighted by atomic mass is 10.1. The molecule has 0 radical (unpaired) electrons. The molecule has 0 spiro atoms. The van der Waals surface area contributed by atoms with Gasteiger partial charge in [-0.2, -0.15) is 0 Å². The van der Waals surface area contributed by atoms with Crippen molar-refractivity contribution in [3.63, 3.8) is 0 Å². The molecule has 1 heterocycles. The van der Waals surface area contributed by atoms with Gasteiger partial charge in [0.15, 0.2) is 5.82 Å². The molecule has 0 amide bonds. The summed E-state index contributed by atoms with van der Waals surface area (Å²) in [4.78, 5) is 18.4. The van der Waals surface area contributed by atoms with E-state index in [2.05, 4.69) is 22.1 Å². The van der Waals surface area contributed by atoms with Crippen LogP contribution in [-0.4, -0.2) is 41.1 Å². The highest BCUT2D eigenvalue weighted by atomic mass is 16.1. The highest BCUT2D eigenvalue weighted by Crippen LogP contribution is 2.10. The van der Waals surface area contributed by atoms with Crippen LogP contribution in [0.5, 0.6) is 0 Å². The number of hydrogen-bond donors (Lipinski definition) is 1. The molecule has 18 heavy (non-hydrogen) atoms. The van der Waals surface area contributed by atoms with E-state index >= 15 is 0 Å². The number of likely N-dealkylation sites (N-methyl/N-ethyl adjacent to an activating group) is 1. The number of hydrogen-bond acceptors (Lipinski definition) is 4. The predicted molar refractivity (Wildman–Crippen MR) is 75.1 cm³/mol. The van der Waals surface area contributed by atoms with Crippen molar-refractivity contribution in [3.8, 4) is 0 Å². The molecule has 5 nitrogen and oxygen atoms in total. The van der Waals surface area contributed by atoms with Gasteiger partial charge in [0.1, 0.15) is 0 Å². The van der Waals surface area contributed by atoms with Crippen molar-refractivity contribution in [2.45, 2.75) is 39.3 Å². The van der Waals surface area contributed by atoms with Gasteiger partial charge >= 0.3 is 0 Å². The lowest BCUT2D eigenvalue weighted by Gasteiger charge is -2.23. The van der Waals surface area contributed by atoms with Crippen LogP contribution in [0.3, 0.4) is 0 Å². The number of anilines is 1. The molecule has 0 aliphatic heterocycles. The van der Waals surface area contributed by atoms with Gasteiger partial charge in [0.2, 0.25) is 0 Å². The van der Waals surface area contributed by atoms with Crippen molar-refractivity contribution in [2.75, 3.05) is 26.0 Å². The van der Waals surface area contributed by atoms with Crippen LogP contribution in [-0.2, 0) is 5.54 Å². The first-order valence-electron chi connectivity index (χ1n) is 6.22. The Bertz CT molecular complexity index is 445. The molecular weight excluding hydrogens is 228 g/mol. The van der Waals surface area contributed by atoms with Crippen molar-refractivity contribution in [1.29, 1.82) is 0 Å². The largest absolute Gasteiger partial charge is 0.364 e. The van der Waals surface area contributed by atoms with Gasteiger partial charge in [0, 0.05) is 30.5 Å². The summed E-state index contributed by atoms with van der Waals surface area (Å²) >= 11 is 0.